The highest BCUT2D eigenvalue weighted by Gasteiger charge is 2.46. The van der Waals surface area contributed by atoms with Gasteiger partial charge >= 0.3 is 0 Å². The molecule has 20 heavy (non-hydrogen) atoms. The van der Waals surface area contributed by atoms with Crippen molar-refractivity contribution in [3.05, 3.63) is 0 Å². The molecular weight excluding hydrogens is 266 g/mol. The third-order valence-electron chi connectivity index (χ3n) is 5.46. The van der Waals surface area contributed by atoms with Gasteiger partial charge in [0.25, 0.3) is 0 Å². The van der Waals surface area contributed by atoms with Gasteiger partial charge in [0.05, 0.1) is 24.2 Å². The molecule has 1 rings (SSSR count). The van der Waals surface area contributed by atoms with Gasteiger partial charge in [-0.05, 0) is 43.8 Å². The van der Waals surface area contributed by atoms with Gasteiger partial charge < -0.3 is 9.53 Å². The minimum absolute atomic E-state index is 0.0345. The highest BCUT2D eigenvalue weighted by Crippen LogP contribution is 2.44. The Morgan fingerprint density at radius 1 is 1.25 bits per heavy atom. The van der Waals surface area contributed by atoms with Crippen LogP contribution >= 0.6 is 0 Å². The minimum Gasteiger partial charge on any atom is -0.414 e. The summed E-state index contributed by atoms with van der Waals surface area (Å²) in [5.41, 5.74) is -0.902. The van der Waals surface area contributed by atoms with Crippen LogP contribution in [0.1, 0.15) is 47.5 Å². The van der Waals surface area contributed by atoms with Gasteiger partial charge in [-0.15, -0.1) is 0 Å². The average molecular weight is 298 g/mol. The molecule has 0 bridgehead atoms. The Morgan fingerprint density at radius 2 is 1.80 bits per heavy atom. The molecule has 1 aliphatic carbocycles. The minimum atomic E-state index is -1.86. The summed E-state index contributed by atoms with van der Waals surface area (Å²) in [5.74, 6) is 0.365. The van der Waals surface area contributed by atoms with E-state index < -0.39 is 13.9 Å². The number of aliphatic hydroxyl groups is 1. The summed E-state index contributed by atoms with van der Waals surface area (Å²) < 4.78 is 6.18. The summed E-state index contributed by atoms with van der Waals surface area (Å²) in [6.45, 7) is 15.3. The zero-order chi connectivity index (χ0) is 15.8. The van der Waals surface area contributed by atoms with Crippen molar-refractivity contribution >= 4 is 8.32 Å². The number of nitrogens with zero attached hydrogens (tertiary/aromatic N) is 1. The van der Waals surface area contributed by atoms with Crippen molar-refractivity contribution in [2.75, 3.05) is 6.61 Å². The number of hydrogen-bond donors (Lipinski definition) is 1. The van der Waals surface area contributed by atoms with Crippen molar-refractivity contribution < 1.29 is 9.53 Å². The van der Waals surface area contributed by atoms with Crippen LogP contribution in [0, 0.1) is 29.1 Å². The predicted molar refractivity (Wildman–Crippen MR) is 84.8 cm³/mol. The zero-order valence-corrected chi connectivity index (χ0v) is 15.2. The van der Waals surface area contributed by atoms with Crippen LogP contribution in [-0.4, -0.2) is 25.6 Å². The smallest absolute Gasteiger partial charge is 0.192 e. The first-order valence-electron chi connectivity index (χ1n) is 7.68. The lowest BCUT2D eigenvalue weighted by Gasteiger charge is -2.40. The second-order valence-electron chi connectivity index (χ2n) is 8.22. The van der Waals surface area contributed by atoms with Gasteiger partial charge in [-0.1, -0.05) is 27.7 Å². The quantitative estimate of drug-likeness (QED) is 0.799. The fourth-order valence-electron chi connectivity index (χ4n) is 2.76. The topological polar surface area (TPSA) is 53.2 Å². The van der Waals surface area contributed by atoms with Gasteiger partial charge in [0.1, 0.15) is 0 Å². The lowest BCUT2D eigenvalue weighted by molar-refractivity contribution is -0.0503. The maximum atomic E-state index is 10.8. The van der Waals surface area contributed by atoms with Crippen LogP contribution in [-0.2, 0) is 4.43 Å². The molecule has 1 saturated carbocycles. The number of nitriles is 1. The van der Waals surface area contributed by atoms with Crippen molar-refractivity contribution in [3.63, 3.8) is 0 Å². The van der Waals surface area contributed by atoms with Crippen molar-refractivity contribution in [2.24, 2.45) is 17.8 Å². The lowest BCUT2D eigenvalue weighted by atomic mass is 9.80. The second kappa shape index (κ2) is 5.79. The third kappa shape index (κ3) is 3.63. The standard InChI is InChI=1S/C16H31NO2Si/c1-12-8-9-14(13(12)10-17)16(5,18)11-19-20(6,7)15(2,3)4/h12-14,18H,8-9,11H2,1-7H3/t12-,13-,14-,16-/m1/s1. The van der Waals surface area contributed by atoms with Gasteiger partial charge in [0.2, 0.25) is 0 Å². The first kappa shape index (κ1) is 17.7. The highest BCUT2D eigenvalue weighted by molar-refractivity contribution is 6.74. The van der Waals surface area contributed by atoms with Crippen LogP contribution in [0.15, 0.2) is 0 Å². The van der Waals surface area contributed by atoms with Crippen LogP contribution in [0.2, 0.25) is 18.1 Å². The largest absolute Gasteiger partial charge is 0.414 e. The monoisotopic (exact) mass is 297 g/mol. The van der Waals surface area contributed by atoms with Crippen molar-refractivity contribution in [2.45, 2.75) is 71.2 Å². The molecule has 0 saturated heterocycles. The van der Waals surface area contributed by atoms with Crippen LogP contribution in [0.4, 0.5) is 0 Å². The van der Waals surface area contributed by atoms with E-state index in [0.29, 0.717) is 12.5 Å². The molecule has 0 spiro atoms. The molecule has 1 aliphatic rings. The fraction of sp³-hybridized carbons (Fsp3) is 0.938. The maximum absolute atomic E-state index is 10.8. The van der Waals surface area contributed by atoms with E-state index in [1.54, 1.807) is 0 Å². The van der Waals surface area contributed by atoms with E-state index in [4.69, 9.17) is 4.43 Å². The Hall–Kier alpha value is -0.373. The molecule has 0 unspecified atom stereocenters. The van der Waals surface area contributed by atoms with Gasteiger partial charge in [0.15, 0.2) is 8.32 Å². The number of hydrogen-bond acceptors (Lipinski definition) is 3. The van der Waals surface area contributed by atoms with E-state index >= 15 is 0 Å². The molecular formula is C16H31NO2Si. The molecule has 0 radical (unpaired) electrons. The van der Waals surface area contributed by atoms with Gasteiger partial charge in [-0.25, -0.2) is 0 Å². The predicted octanol–water partition coefficient (Wildman–Crippen LogP) is 3.95. The molecule has 0 amide bonds. The van der Waals surface area contributed by atoms with Crippen molar-refractivity contribution in [1.29, 1.82) is 5.26 Å². The van der Waals surface area contributed by atoms with Gasteiger partial charge in [0, 0.05) is 5.92 Å². The summed E-state index contributed by atoms with van der Waals surface area (Å²) in [6, 6.07) is 2.39. The molecule has 4 heteroatoms. The zero-order valence-electron chi connectivity index (χ0n) is 14.2. The average Bonchev–Trinajstić information content (AvgIpc) is 2.67. The van der Waals surface area contributed by atoms with E-state index in [1.807, 2.05) is 6.92 Å². The van der Waals surface area contributed by atoms with Crippen LogP contribution in [0.25, 0.3) is 0 Å². The lowest BCUT2D eigenvalue weighted by Crippen LogP contribution is -2.48. The maximum Gasteiger partial charge on any atom is 0.192 e. The van der Waals surface area contributed by atoms with Crippen molar-refractivity contribution in [1.82, 2.24) is 0 Å². The molecule has 1 fully saturated rings. The molecule has 0 aromatic carbocycles. The molecule has 4 atom stereocenters. The summed E-state index contributed by atoms with van der Waals surface area (Å²) in [7, 11) is -1.86. The first-order chi connectivity index (χ1) is 8.92. The van der Waals surface area contributed by atoms with Crippen LogP contribution in [0.5, 0.6) is 0 Å². The SMILES string of the molecule is C[C@@H]1CC[C@@H]([C@](C)(O)CO[Si](C)(C)C(C)(C)C)[C@@H]1C#N. The molecule has 1 N–H and O–H groups in total. The van der Waals surface area contributed by atoms with Crippen LogP contribution in [0.3, 0.4) is 0 Å². The van der Waals surface area contributed by atoms with E-state index in [9.17, 15) is 10.4 Å². The molecule has 0 heterocycles. The number of rotatable bonds is 4. The van der Waals surface area contributed by atoms with E-state index in [0.717, 1.165) is 12.8 Å². The summed E-state index contributed by atoms with van der Waals surface area (Å²) in [5, 5.41) is 20.3. The summed E-state index contributed by atoms with van der Waals surface area (Å²) in [4.78, 5) is 0. The Labute approximate surface area is 125 Å². The molecule has 3 nitrogen and oxygen atoms in total. The highest BCUT2D eigenvalue weighted by atomic mass is 28.4. The summed E-state index contributed by atoms with van der Waals surface area (Å²) >= 11 is 0. The van der Waals surface area contributed by atoms with E-state index in [2.05, 4.69) is 46.9 Å². The molecule has 0 aliphatic heterocycles. The van der Waals surface area contributed by atoms with E-state index in [-0.39, 0.29) is 16.9 Å². The van der Waals surface area contributed by atoms with Crippen LogP contribution < -0.4 is 0 Å². The molecule has 0 aromatic rings. The van der Waals surface area contributed by atoms with Gasteiger partial charge in [-0.3, -0.25) is 0 Å². The first-order valence-corrected chi connectivity index (χ1v) is 10.6. The second-order valence-corrected chi connectivity index (χ2v) is 13.0. The van der Waals surface area contributed by atoms with Crippen molar-refractivity contribution in [3.8, 4) is 6.07 Å². The fourth-order valence-corrected chi connectivity index (χ4v) is 3.85. The van der Waals surface area contributed by atoms with Gasteiger partial charge in [-0.2, -0.15) is 5.26 Å². The molecule has 116 valence electrons. The molecule has 0 aromatic heterocycles. The Balaban J connectivity index is 2.74. The van der Waals surface area contributed by atoms with E-state index in [1.165, 1.54) is 0 Å². The Kier molecular flexibility index (Phi) is 5.11. The normalized spacial score (nSPS) is 30.9. The third-order valence-corrected chi connectivity index (χ3v) is 9.94. The Bertz CT molecular complexity index is 379. The summed E-state index contributed by atoms with van der Waals surface area (Å²) in [6.07, 6.45) is 1.95. The Morgan fingerprint density at radius 3 is 2.25 bits per heavy atom.